The fourth-order valence-electron chi connectivity index (χ4n) is 1.65. The van der Waals surface area contributed by atoms with Gasteiger partial charge in [-0.15, -0.1) is 10.2 Å². The average molecular weight is 231 g/mol. The zero-order valence-electron chi connectivity index (χ0n) is 9.87. The minimum atomic E-state index is -0.247. The van der Waals surface area contributed by atoms with Crippen LogP contribution in [0.5, 0.6) is 0 Å². The molecule has 1 N–H and O–H groups in total. The molecule has 0 aliphatic heterocycles. The van der Waals surface area contributed by atoms with Gasteiger partial charge in [0.2, 0.25) is 0 Å². The highest BCUT2D eigenvalue weighted by atomic mass is 19.1. The number of hydrogen-bond acceptors (Lipinski definition) is 3. The molecular formula is C13H14FN3. The average Bonchev–Trinajstić information content (AvgIpc) is 2.31. The number of aromatic nitrogens is 2. The largest absolute Gasteiger partial charge is 0.369 e. The Morgan fingerprint density at radius 1 is 1.18 bits per heavy atom. The van der Waals surface area contributed by atoms with Gasteiger partial charge in [-0.05, 0) is 49.7 Å². The van der Waals surface area contributed by atoms with E-state index in [0.29, 0.717) is 0 Å². The highest BCUT2D eigenvalue weighted by Crippen LogP contribution is 2.21. The maximum Gasteiger partial charge on any atom is 0.148 e. The Kier molecular flexibility index (Phi) is 3.32. The van der Waals surface area contributed by atoms with E-state index in [4.69, 9.17) is 0 Å². The Hall–Kier alpha value is -1.97. The van der Waals surface area contributed by atoms with Crippen molar-refractivity contribution in [1.82, 2.24) is 10.2 Å². The maximum absolute atomic E-state index is 12.8. The summed E-state index contributed by atoms with van der Waals surface area (Å²) in [4.78, 5) is 0. The van der Waals surface area contributed by atoms with Gasteiger partial charge >= 0.3 is 0 Å². The molecule has 88 valence electrons. The second-order valence-electron chi connectivity index (χ2n) is 3.80. The monoisotopic (exact) mass is 231 g/mol. The van der Waals surface area contributed by atoms with Crippen molar-refractivity contribution in [2.45, 2.75) is 13.8 Å². The molecule has 4 heteroatoms. The lowest BCUT2D eigenvalue weighted by atomic mass is 10.1. The number of halogens is 1. The first-order chi connectivity index (χ1) is 8.20. The predicted molar refractivity (Wildman–Crippen MR) is 66.3 cm³/mol. The van der Waals surface area contributed by atoms with Gasteiger partial charge in [0, 0.05) is 12.1 Å². The molecule has 0 unspecified atom stereocenters. The van der Waals surface area contributed by atoms with Gasteiger partial charge in [0.05, 0.1) is 5.69 Å². The number of aryl methyl sites for hydroxylation is 1. The predicted octanol–water partition coefficient (Wildman–Crippen LogP) is 3.02. The molecule has 1 aromatic heterocycles. The van der Waals surface area contributed by atoms with Crippen molar-refractivity contribution in [2.24, 2.45) is 0 Å². The summed E-state index contributed by atoms with van der Waals surface area (Å²) in [5, 5.41) is 11.3. The third-order valence-electron chi connectivity index (χ3n) is 2.46. The van der Waals surface area contributed by atoms with E-state index in [1.54, 1.807) is 12.1 Å². The van der Waals surface area contributed by atoms with Crippen molar-refractivity contribution in [3.8, 4) is 11.3 Å². The molecule has 0 fully saturated rings. The van der Waals surface area contributed by atoms with Crippen LogP contribution in [-0.2, 0) is 0 Å². The molecule has 1 heterocycles. The van der Waals surface area contributed by atoms with Gasteiger partial charge in [-0.2, -0.15) is 0 Å². The van der Waals surface area contributed by atoms with Gasteiger partial charge in [-0.3, -0.25) is 0 Å². The molecule has 2 aromatic rings. The lowest BCUT2D eigenvalue weighted by Gasteiger charge is -2.07. The van der Waals surface area contributed by atoms with E-state index in [-0.39, 0.29) is 5.82 Å². The van der Waals surface area contributed by atoms with Gasteiger partial charge in [0.25, 0.3) is 0 Å². The standard InChI is InChI=1S/C13H14FN3/c1-3-15-12-8-9(2)13(17-16-12)10-4-6-11(14)7-5-10/h4-8H,3H2,1-2H3,(H,15,16). The van der Waals surface area contributed by atoms with Gasteiger partial charge in [-0.25, -0.2) is 4.39 Å². The number of nitrogens with one attached hydrogen (secondary N) is 1. The molecule has 0 spiro atoms. The van der Waals surface area contributed by atoms with Crippen molar-refractivity contribution in [3.05, 3.63) is 41.7 Å². The first kappa shape index (κ1) is 11.5. The van der Waals surface area contributed by atoms with E-state index in [1.165, 1.54) is 12.1 Å². The lowest BCUT2D eigenvalue weighted by Crippen LogP contribution is -2.02. The molecule has 0 bridgehead atoms. The third kappa shape index (κ3) is 2.58. The molecule has 3 nitrogen and oxygen atoms in total. The van der Waals surface area contributed by atoms with Crippen LogP contribution in [0.25, 0.3) is 11.3 Å². The van der Waals surface area contributed by atoms with E-state index in [0.717, 1.165) is 29.2 Å². The minimum absolute atomic E-state index is 0.247. The number of rotatable bonds is 3. The third-order valence-corrected chi connectivity index (χ3v) is 2.46. The van der Waals surface area contributed by atoms with Crippen LogP contribution < -0.4 is 5.32 Å². The van der Waals surface area contributed by atoms with Crippen LogP contribution in [0.4, 0.5) is 10.2 Å². The Bertz CT molecular complexity index is 509. The summed E-state index contributed by atoms with van der Waals surface area (Å²) in [5.41, 5.74) is 2.67. The summed E-state index contributed by atoms with van der Waals surface area (Å²) in [6, 6.07) is 8.21. The lowest BCUT2D eigenvalue weighted by molar-refractivity contribution is 0.628. The zero-order chi connectivity index (χ0) is 12.3. The van der Waals surface area contributed by atoms with Gasteiger partial charge in [-0.1, -0.05) is 0 Å². The molecule has 0 aliphatic rings. The molecular weight excluding hydrogens is 217 g/mol. The molecule has 2 rings (SSSR count). The van der Waals surface area contributed by atoms with E-state index in [9.17, 15) is 4.39 Å². The first-order valence-corrected chi connectivity index (χ1v) is 5.55. The van der Waals surface area contributed by atoms with Crippen molar-refractivity contribution >= 4 is 5.82 Å². The fraction of sp³-hybridized carbons (Fsp3) is 0.231. The van der Waals surface area contributed by atoms with Gasteiger partial charge in [0.1, 0.15) is 11.6 Å². The molecule has 0 saturated heterocycles. The summed E-state index contributed by atoms with van der Waals surface area (Å²) in [7, 11) is 0. The van der Waals surface area contributed by atoms with Crippen LogP contribution in [0.3, 0.4) is 0 Å². The van der Waals surface area contributed by atoms with E-state index < -0.39 is 0 Å². The Morgan fingerprint density at radius 2 is 1.88 bits per heavy atom. The molecule has 1 aromatic carbocycles. The number of nitrogens with zero attached hydrogens (tertiary/aromatic N) is 2. The fourth-order valence-corrected chi connectivity index (χ4v) is 1.65. The quantitative estimate of drug-likeness (QED) is 0.882. The van der Waals surface area contributed by atoms with Crippen molar-refractivity contribution < 1.29 is 4.39 Å². The Labute approximate surface area is 99.7 Å². The molecule has 0 radical (unpaired) electrons. The zero-order valence-corrected chi connectivity index (χ0v) is 9.87. The highest BCUT2D eigenvalue weighted by molar-refractivity contribution is 5.63. The second-order valence-corrected chi connectivity index (χ2v) is 3.80. The highest BCUT2D eigenvalue weighted by Gasteiger charge is 2.05. The number of benzene rings is 1. The molecule has 0 saturated carbocycles. The van der Waals surface area contributed by atoms with Crippen LogP contribution >= 0.6 is 0 Å². The topological polar surface area (TPSA) is 37.8 Å². The summed E-state index contributed by atoms with van der Waals surface area (Å²) in [6.45, 7) is 4.78. The molecule has 0 aliphatic carbocycles. The molecule has 17 heavy (non-hydrogen) atoms. The summed E-state index contributed by atoms with van der Waals surface area (Å²) >= 11 is 0. The van der Waals surface area contributed by atoms with E-state index in [1.807, 2.05) is 19.9 Å². The molecule has 0 amide bonds. The maximum atomic E-state index is 12.8. The summed E-state index contributed by atoms with van der Waals surface area (Å²) in [5.74, 6) is 0.513. The van der Waals surface area contributed by atoms with Crippen molar-refractivity contribution in [3.63, 3.8) is 0 Å². The number of anilines is 1. The summed E-state index contributed by atoms with van der Waals surface area (Å²) < 4.78 is 12.8. The van der Waals surface area contributed by atoms with Crippen LogP contribution in [0.15, 0.2) is 30.3 Å². The van der Waals surface area contributed by atoms with Gasteiger partial charge < -0.3 is 5.32 Å². The van der Waals surface area contributed by atoms with Crippen molar-refractivity contribution in [2.75, 3.05) is 11.9 Å². The van der Waals surface area contributed by atoms with Crippen LogP contribution in [0.1, 0.15) is 12.5 Å². The van der Waals surface area contributed by atoms with Crippen molar-refractivity contribution in [1.29, 1.82) is 0 Å². The van der Waals surface area contributed by atoms with E-state index >= 15 is 0 Å². The van der Waals surface area contributed by atoms with Crippen LogP contribution in [-0.4, -0.2) is 16.7 Å². The Morgan fingerprint density at radius 3 is 2.47 bits per heavy atom. The van der Waals surface area contributed by atoms with Gasteiger partial charge in [0.15, 0.2) is 0 Å². The van der Waals surface area contributed by atoms with E-state index in [2.05, 4.69) is 15.5 Å². The normalized spacial score (nSPS) is 10.3. The Balaban J connectivity index is 2.36. The smallest absolute Gasteiger partial charge is 0.148 e. The number of hydrogen-bond donors (Lipinski definition) is 1. The summed E-state index contributed by atoms with van der Waals surface area (Å²) in [6.07, 6.45) is 0. The minimum Gasteiger partial charge on any atom is -0.369 e. The SMILES string of the molecule is CCNc1cc(C)c(-c2ccc(F)cc2)nn1. The molecule has 0 atom stereocenters. The van der Waals surface area contributed by atoms with Crippen LogP contribution in [0, 0.1) is 12.7 Å². The van der Waals surface area contributed by atoms with Crippen LogP contribution in [0.2, 0.25) is 0 Å². The first-order valence-electron chi connectivity index (χ1n) is 5.55. The second kappa shape index (κ2) is 4.91.